The number of non-ortho nitro benzene ring substituents is 1. The molecule has 0 fully saturated rings. The average Bonchev–Trinajstić information content (AvgIpc) is 2.62. The second kappa shape index (κ2) is 6.57. The highest BCUT2D eigenvalue weighted by molar-refractivity contribution is 5.98. The molecule has 23 heavy (non-hydrogen) atoms. The van der Waals surface area contributed by atoms with Crippen molar-refractivity contribution in [1.82, 2.24) is 0 Å². The Labute approximate surface area is 134 Å². The monoisotopic (exact) mass is 307 g/mol. The van der Waals surface area contributed by atoms with E-state index in [0.717, 1.165) is 19.3 Å². The summed E-state index contributed by atoms with van der Waals surface area (Å²) in [7, 11) is 0. The molecule has 2 aromatic carbocycles. The molecule has 0 radical (unpaired) electrons. The van der Waals surface area contributed by atoms with E-state index in [1.165, 1.54) is 23.3 Å². The zero-order chi connectivity index (χ0) is 16.2. The van der Waals surface area contributed by atoms with Crippen LogP contribution in [0.4, 0.5) is 5.69 Å². The lowest BCUT2D eigenvalue weighted by Gasteiger charge is -2.21. The van der Waals surface area contributed by atoms with Crippen LogP contribution in [0.15, 0.2) is 60.7 Å². The number of nitro benzene ring substituents is 1. The molecule has 0 saturated heterocycles. The summed E-state index contributed by atoms with van der Waals surface area (Å²) in [6, 6.07) is 16.1. The predicted molar refractivity (Wildman–Crippen MR) is 89.2 cm³/mol. The van der Waals surface area contributed by atoms with E-state index in [2.05, 4.69) is 18.2 Å². The van der Waals surface area contributed by atoms with E-state index in [0.29, 0.717) is 5.56 Å². The van der Waals surface area contributed by atoms with Crippen LogP contribution < -0.4 is 0 Å². The predicted octanol–water partition coefficient (Wildman–Crippen LogP) is 4.66. The smallest absolute Gasteiger partial charge is 0.269 e. The number of allylic oxidation sites excluding steroid dienone is 2. The molecule has 1 atom stereocenters. The first-order valence-corrected chi connectivity index (χ1v) is 7.68. The Morgan fingerprint density at radius 3 is 2.30 bits per heavy atom. The third-order valence-electron chi connectivity index (χ3n) is 4.29. The Kier molecular flexibility index (Phi) is 4.33. The summed E-state index contributed by atoms with van der Waals surface area (Å²) in [5.41, 5.74) is 3.07. The van der Waals surface area contributed by atoms with Crippen LogP contribution in [0.2, 0.25) is 0 Å². The van der Waals surface area contributed by atoms with Crippen molar-refractivity contribution < 1.29 is 9.72 Å². The van der Waals surface area contributed by atoms with Crippen molar-refractivity contribution in [2.24, 2.45) is 5.92 Å². The van der Waals surface area contributed by atoms with Crippen LogP contribution in [0.25, 0.3) is 5.57 Å². The van der Waals surface area contributed by atoms with E-state index < -0.39 is 4.92 Å². The minimum Gasteiger partial charge on any atom is -0.294 e. The summed E-state index contributed by atoms with van der Waals surface area (Å²) in [4.78, 5) is 22.7. The Morgan fingerprint density at radius 1 is 1.04 bits per heavy atom. The topological polar surface area (TPSA) is 60.2 Å². The largest absolute Gasteiger partial charge is 0.294 e. The first-order chi connectivity index (χ1) is 11.1. The van der Waals surface area contributed by atoms with Gasteiger partial charge in [0.05, 0.1) is 4.92 Å². The molecule has 2 aromatic rings. The number of benzene rings is 2. The molecule has 116 valence electrons. The van der Waals surface area contributed by atoms with Crippen molar-refractivity contribution in [2.45, 2.75) is 19.3 Å². The molecule has 0 aliphatic heterocycles. The lowest BCUT2D eigenvalue weighted by molar-refractivity contribution is -0.384. The van der Waals surface area contributed by atoms with Crippen molar-refractivity contribution in [3.63, 3.8) is 0 Å². The van der Waals surface area contributed by atoms with Crippen LogP contribution in [-0.4, -0.2) is 10.7 Å². The van der Waals surface area contributed by atoms with E-state index in [-0.39, 0.29) is 17.4 Å². The van der Waals surface area contributed by atoms with Crippen LogP contribution in [0.1, 0.15) is 35.2 Å². The Morgan fingerprint density at radius 2 is 1.74 bits per heavy atom. The van der Waals surface area contributed by atoms with Gasteiger partial charge in [-0.15, -0.1) is 0 Å². The quantitative estimate of drug-likeness (QED) is 0.469. The van der Waals surface area contributed by atoms with Crippen molar-refractivity contribution in [2.75, 3.05) is 0 Å². The van der Waals surface area contributed by atoms with Gasteiger partial charge in [0.15, 0.2) is 5.78 Å². The Bertz CT molecular complexity index is 748. The Hall–Kier alpha value is -2.75. The van der Waals surface area contributed by atoms with Gasteiger partial charge in [-0.3, -0.25) is 14.9 Å². The molecule has 1 aliphatic carbocycles. The number of ketones is 1. The molecular formula is C19H17NO3. The molecule has 0 spiro atoms. The maximum absolute atomic E-state index is 12.5. The van der Waals surface area contributed by atoms with Crippen LogP contribution >= 0.6 is 0 Å². The molecule has 4 heteroatoms. The molecule has 0 aromatic heterocycles. The first-order valence-electron chi connectivity index (χ1n) is 7.68. The van der Waals surface area contributed by atoms with Gasteiger partial charge in [-0.25, -0.2) is 0 Å². The number of hydrogen-bond donors (Lipinski definition) is 0. The highest BCUT2D eigenvalue weighted by atomic mass is 16.6. The lowest BCUT2D eigenvalue weighted by atomic mass is 9.82. The number of rotatable bonds is 4. The third kappa shape index (κ3) is 3.37. The van der Waals surface area contributed by atoms with E-state index >= 15 is 0 Å². The van der Waals surface area contributed by atoms with Crippen molar-refractivity contribution >= 4 is 17.0 Å². The summed E-state index contributed by atoms with van der Waals surface area (Å²) < 4.78 is 0. The van der Waals surface area contributed by atoms with E-state index in [4.69, 9.17) is 0 Å². The van der Waals surface area contributed by atoms with Gasteiger partial charge in [0.2, 0.25) is 0 Å². The van der Waals surface area contributed by atoms with E-state index in [1.54, 1.807) is 12.1 Å². The molecule has 0 heterocycles. The van der Waals surface area contributed by atoms with Gasteiger partial charge < -0.3 is 0 Å². The highest BCUT2D eigenvalue weighted by Gasteiger charge is 2.23. The summed E-state index contributed by atoms with van der Waals surface area (Å²) in [5, 5.41) is 10.7. The molecule has 1 unspecified atom stereocenters. The fraction of sp³-hybridized carbons (Fsp3) is 0.211. The van der Waals surface area contributed by atoms with Crippen LogP contribution in [0, 0.1) is 16.0 Å². The van der Waals surface area contributed by atoms with Crippen LogP contribution in [0.3, 0.4) is 0 Å². The van der Waals surface area contributed by atoms with Gasteiger partial charge in [-0.2, -0.15) is 0 Å². The van der Waals surface area contributed by atoms with Crippen LogP contribution in [0.5, 0.6) is 0 Å². The SMILES string of the molecule is O=C(c1ccc([N+](=O)[O-])cc1)C1CC=C(c2ccccc2)CC1. The van der Waals surface area contributed by atoms with Gasteiger partial charge in [0, 0.05) is 23.6 Å². The van der Waals surface area contributed by atoms with Crippen molar-refractivity contribution in [1.29, 1.82) is 0 Å². The zero-order valence-corrected chi connectivity index (χ0v) is 12.6. The highest BCUT2D eigenvalue weighted by Crippen LogP contribution is 2.32. The minimum absolute atomic E-state index is 0.0106. The molecule has 0 N–H and O–H groups in total. The van der Waals surface area contributed by atoms with Crippen molar-refractivity contribution in [3.05, 3.63) is 81.9 Å². The van der Waals surface area contributed by atoms with Gasteiger partial charge in [0.1, 0.15) is 0 Å². The van der Waals surface area contributed by atoms with Gasteiger partial charge >= 0.3 is 0 Å². The maximum Gasteiger partial charge on any atom is 0.269 e. The zero-order valence-electron chi connectivity index (χ0n) is 12.6. The summed E-state index contributed by atoms with van der Waals surface area (Å²) >= 11 is 0. The second-order valence-corrected chi connectivity index (χ2v) is 5.73. The molecule has 1 aliphatic rings. The molecular weight excluding hydrogens is 290 g/mol. The van der Waals surface area contributed by atoms with Gasteiger partial charge in [0.25, 0.3) is 5.69 Å². The van der Waals surface area contributed by atoms with Crippen LogP contribution in [-0.2, 0) is 0 Å². The average molecular weight is 307 g/mol. The van der Waals surface area contributed by atoms with E-state index in [1.807, 2.05) is 18.2 Å². The normalized spacial score (nSPS) is 17.4. The number of carbonyl (C=O) groups excluding carboxylic acids is 1. The molecule has 4 nitrogen and oxygen atoms in total. The standard InChI is InChI=1S/C19H17NO3/c21-19(17-10-12-18(13-11-17)20(22)23)16-8-6-15(7-9-16)14-4-2-1-3-5-14/h1-6,10-13,16H,7-9H2. The van der Waals surface area contributed by atoms with Gasteiger partial charge in [-0.1, -0.05) is 36.4 Å². The maximum atomic E-state index is 12.5. The molecule has 0 bridgehead atoms. The summed E-state index contributed by atoms with van der Waals surface area (Å²) in [5.74, 6) is 0.0344. The molecule has 0 saturated carbocycles. The number of nitro groups is 1. The van der Waals surface area contributed by atoms with Gasteiger partial charge in [-0.05, 0) is 42.5 Å². The summed E-state index contributed by atoms with van der Waals surface area (Å²) in [6.45, 7) is 0. The number of Topliss-reactive ketones (excluding diaryl/α,β-unsaturated/α-hetero) is 1. The van der Waals surface area contributed by atoms with E-state index in [9.17, 15) is 14.9 Å². The fourth-order valence-electron chi connectivity index (χ4n) is 2.97. The second-order valence-electron chi connectivity index (χ2n) is 5.73. The Balaban J connectivity index is 1.70. The summed E-state index contributed by atoms with van der Waals surface area (Å²) in [6.07, 6.45) is 4.57. The van der Waals surface area contributed by atoms with Crippen molar-refractivity contribution in [3.8, 4) is 0 Å². The fourth-order valence-corrected chi connectivity index (χ4v) is 2.97. The lowest BCUT2D eigenvalue weighted by Crippen LogP contribution is -2.17. The molecule has 0 amide bonds. The first kappa shape index (κ1) is 15.2. The number of nitrogens with zero attached hydrogens (tertiary/aromatic N) is 1. The number of hydrogen-bond acceptors (Lipinski definition) is 3. The number of carbonyl (C=O) groups is 1. The third-order valence-corrected chi connectivity index (χ3v) is 4.29. The molecule has 3 rings (SSSR count). The minimum atomic E-state index is -0.455.